The number of nitrogens with zero attached hydrogens (tertiary/aromatic N) is 1. The molecule has 10 heteroatoms. The van der Waals surface area contributed by atoms with Crippen molar-refractivity contribution in [3.63, 3.8) is 0 Å². The Morgan fingerprint density at radius 2 is 1.09 bits per heavy atom. The van der Waals surface area contributed by atoms with Gasteiger partial charge in [0.05, 0.1) is 27.4 Å². The van der Waals surface area contributed by atoms with Gasteiger partial charge < -0.3 is 23.4 Å². The highest BCUT2D eigenvalue weighted by atomic mass is 28.4. The van der Waals surface area contributed by atoms with Gasteiger partial charge in [0.2, 0.25) is 0 Å². The Hall–Kier alpha value is -5.52. The predicted molar refractivity (Wildman–Crippen MR) is 223 cm³/mol. The molecular formula is C46H50N2O7Si. The van der Waals surface area contributed by atoms with Crippen molar-refractivity contribution in [2.45, 2.75) is 38.1 Å². The van der Waals surface area contributed by atoms with Crippen LogP contribution in [0.15, 0.2) is 161 Å². The number of rotatable bonds is 17. The molecule has 0 fully saturated rings. The van der Waals surface area contributed by atoms with Crippen LogP contribution in [-0.2, 0) is 26.2 Å². The maximum atomic E-state index is 12.6. The number of H-pyrrole nitrogens is 1. The van der Waals surface area contributed by atoms with Crippen LogP contribution in [0.4, 0.5) is 0 Å². The molecule has 0 aliphatic rings. The van der Waals surface area contributed by atoms with E-state index >= 15 is 0 Å². The molecule has 0 saturated heterocycles. The summed E-state index contributed by atoms with van der Waals surface area (Å²) in [5.41, 5.74) is 0.666. The lowest BCUT2D eigenvalue weighted by Gasteiger charge is -2.44. The first-order chi connectivity index (χ1) is 27.1. The van der Waals surface area contributed by atoms with E-state index < -0.39 is 25.2 Å². The summed E-state index contributed by atoms with van der Waals surface area (Å²) in [6.07, 6.45) is 1.43. The Morgan fingerprint density at radius 1 is 0.607 bits per heavy atom. The fraction of sp³-hybridized carbons (Fsp3) is 0.261. The molecular weight excluding hydrogens is 721 g/mol. The lowest BCUT2D eigenvalue weighted by molar-refractivity contribution is -0.0479. The molecule has 0 amide bonds. The minimum atomic E-state index is -2.95. The smallest absolute Gasteiger partial charge is 0.330 e. The quantitative estimate of drug-likeness (QED) is 0.0812. The zero-order chi connectivity index (χ0) is 39.6. The second kappa shape index (κ2) is 18.0. The van der Waals surface area contributed by atoms with Crippen molar-refractivity contribution >= 4 is 18.7 Å². The van der Waals surface area contributed by atoms with Crippen molar-refractivity contribution in [1.29, 1.82) is 0 Å². The topological polar surface area (TPSA) is 101 Å². The van der Waals surface area contributed by atoms with Gasteiger partial charge in [-0.15, -0.1) is 0 Å². The van der Waals surface area contributed by atoms with Crippen LogP contribution in [0.2, 0.25) is 5.04 Å². The van der Waals surface area contributed by atoms with Crippen molar-refractivity contribution in [3.05, 3.63) is 189 Å². The normalized spacial score (nSPS) is 12.6. The zero-order valence-corrected chi connectivity index (χ0v) is 33.6. The van der Waals surface area contributed by atoms with Gasteiger partial charge >= 0.3 is 5.69 Å². The Labute approximate surface area is 329 Å². The summed E-state index contributed by atoms with van der Waals surface area (Å²) in [6, 6.07) is 48.3. The third-order valence-electron chi connectivity index (χ3n) is 10.1. The molecule has 0 spiro atoms. The maximum Gasteiger partial charge on any atom is 0.330 e. The molecule has 6 aromatic rings. The molecule has 9 nitrogen and oxygen atoms in total. The summed E-state index contributed by atoms with van der Waals surface area (Å²) in [6.45, 7) is 7.38. The minimum Gasteiger partial charge on any atom is -0.497 e. The molecule has 1 heterocycles. The van der Waals surface area contributed by atoms with Gasteiger partial charge in [0.1, 0.15) is 23.8 Å². The SMILES string of the molecule is COc1ccc(C(OCC(COCn2ccc(=O)[nH]c2=O)CO[Si](c2ccccc2)(c2ccccc2)C(C)(C)C)(c2ccccc2)c2ccc(OC)cc2)cc1. The average Bonchev–Trinajstić information content (AvgIpc) is 3.23. The van der Waals surface area contributed by atoms with Crippen LogP contribution < -0.4 is 31.1 Å². The summed E-state index contributed by atoms with van der Waals surface area (Å²) in [4.78, 5) is 26.7. The Morgan fingerprint density at radius 3 is 1.55 bits per heavy atom. The third-order valence-corrected chi connectivity index (χ3v) is 15.1. The van der Waals surface area contributed by atoms with Gasteiger partial charge in [0, 0.05) is 24.8 Å². The first-order valence-electron chi connectivity index (χ1n) is 18.7. The fourth-order valence-electron chi connectivity index (χ4n) is 7.33. The Bertz CT molecular complexity index is 2150. The summed E-state index contributed by atoms with van der Waals surface area (Å²) < 4.78 is 33.5. The molecule has 0 saturated carbocycles. The largest absolute Gasteiger partial charge is 0.497 e. The Balaban J connectivity index is 1.43. The van der Waals surface area contributed by atoms with Crippen LogP contribution >= 0.6 is 0 Å². The van der Waals surface area contributed by atoms with Crippen molar-refractivity contribution in [3.8, 4) is 11.5 Å². The second-order valence-electron chi connectivity index (χ2n) is 14.7. The molecule has 1 N–H and O–H groups in total. The molecule has 1 aromatic heterocycles. The molecule has 56 heavy (non-hydrogen) atoms. The highest BCUT2D eigenvalue weighted by molar-refractivity contribution is 6.99. The van der Waals surface area contributed by atoms with E-state index in [2.05, 4.69) is 86.4 Å². The van der Waals surface area contributed by atoms with Gasteiger partial charge in [-0.1, -0.05) is 136 Å². The summed E-state index contributed by atoms with van der Waals surface area (Å²) in [5, 5.41) is 2.06. The van der Waals surface area contributed by atoms with Crippen LogP contribution in [-0.4, -0.2) is 51.9 Å². The number of benzene rings is 5. The molecule has 0 aliphatic carbocycles. The van der Waals surface area contributed by atoms with Crippen molar-refractivity contribution in [1.82, 2.24) is 9.55 Å². The van der Waals surface area contributed by atoms with E-state index in [1.165, 1.54) is 16.8 Å². The molecule has 5 aromatic carbocycles. The number of aromatic nitrogens is 2. The van der Waals surface area contributed by atoms with E-state index in [1.54, 1.807) is 14.2 Å². The minimum absolute atomic E-state index is 0.0634. The van der Waals surface area contributed by atoms with E-state index in [1.807, 2.05) is 78.9 Å². The number of hydrogen-bond donors (Lipinski definition) is 1. The van der Waals surface area contributed by atoms with Gasteiger partial charge in [0.15, 0.2) is 0 Å². The number of aromatic amines is 1. The van der Waals surface area contributed by atoms with E-state index in [4.69, 9.17) is 23.4 Å². The monoisotopic (exact) mass is 770 g/mol. The summed E-state index contributed by atoms with van der Waals surface area (Å²) >= 11 is 0. The molecule has 290 valence electrons. The number of nitrogens with one attached hydrogen (secondary N) is 1. The van der Waals surface area contributed by atoms with E-state index in [-0.39, 0.29) is 30.9 Å². The number of methoxy groups -OCH3 is 2. The molecule has 6 rings (SSSR count). The van der Waals surface area contributed by atoms with Crippen molar-refractivity contribution < 1.29 is 23.4 Å². The zero-order valence-electron chi connectivity index (χ0n) is 32.6. The lowest BCUT2D eigenvalue weighted by atomic mass is 9.80. The van der Waals surface area contributed by atoms with Crippen LogP contribution in [0.3, 0.4) is 0 Å². The van der Waals surface area contributed by atoms with E-state index in [0.29, 0.717) is 6.61 Å². The standard InChI is InChI=1S/C46H50N2O7Si/c1-45(2,3)56(41-17-11-7-12-18-41,42-19-13-8-14-20-42)55-33-35(31-53-34-48-30-29-43(49)47-44(48)50)32-54-46(36-15-9-6-10-16-36,37-21-25-39(51-4)26-22-37)38-23-27-40(52-5)28-24-38/h6-30,35H,31-34H2,1-5H3,(H,47,49,50). The highest BCUT2D eigenvalue weighted by Crippen LogP contribution is 2.42. The number of hydrogen-bond acceptors (Lipinski definition) is 7. The second-order valence-corrected chi connectivity index (χ2v) is 19.0. The van der Waals surface area contributed by atoms with Crippen molar-refractivity contribution in [2.75, 3.05) is 34.0 Å². The van der Waals surface area contributed by atoms with E-state index in [9.17, 15) is 9.59 Å². The van der Waals surface area contributed by atoms with Gasteiger partial charge in [-0.05, 0) is 56.4 Å². The van der Waals surface area contributed by atoms with Gasteiger partial charge in [-0.2, -0.15) is 0 Å². The molecule has 0 aliphatic heterocycles. The first kappa shape index (κ1) is 40.1. The predicted octanol–water partition coefficient (Wildman–Crippen LogP) is 6.73. The van der Waals surface area contributed by atoms with Crippen LogP contribution in [0, 0.1) is 5.92 Å². The van der Waals surface area contributed by atoms with Crippen LogP contribution in [0.1, 0.15) is 37.5 Å². The van der Waals surface area contributed by atoms with Crippen LogP contribution in [0.5, 0.6) is 11.5 Å². The molecule has 1 atom stereocenters. The van der Waals surface area contributed by atoms with Crippen molar-refractivity contribution in [2.24, 2.45) is 5.92 Å². The van der Waals surface area contributed by atoms with Gasteiger partial charge in [-0.25, -0.2) is 4.79 Å². The first-order valence-corrected chi connectivity index (χ1v) is 20.6. The molecule has 1 unspecified atom stereocenters. The Kier molecular flexibility index (Phi) is 12.9. The molecule has 0 radical (unpaired) electrons. The van der Waals surface area contributed by atoms with Gasteiger partial charge in [-0.3, -0.25) is 14.3 Å². The summed E-state index contributed by atoms with van der Waals surface area (Å²) in [7, 11) is 0.348. The van der Waals surface area contributed by atoms with Crippen LogP contribution in [0.25, 0.3) is 0 Å². The highest BCUT2D eigenvalue weighted by Gasteiger charge is 2.50. The van der Waals surface area contributed by atoms with Gasteiger partial charge in [0.25, 0.3) is 13.9 Å². The van der Waals surface area contributed by atoms with E-state index in [0.717, 1.165) is 38.6 Å². The number of ether oxygens (including phenoxy) is 4. The average molecular weight is 771 g/mol. The summed E-state index contributed by atoms with van der Waals surface area (Å²) in [5.74, 6) is 1.15. The molecule has 0 bridgehead atoms. The fourth-order valence-corrected chi connectivity index (χ4v) is 12.0. The lowest BCUT2D eigenvalue weighted by Crippen LogP contribution is -2.67. The maximum absolute atomic E-state index is 12.6. The third kappa shape index (κ3) is 8.64.